The maximum absolute atomic E-state index is 12.7. The van der Waals surface area contributed by atoms with E-state index in [4.69, 9.17) is 51.3 Å². The van der Waals surface area contributed by atoms with Gasteiger partial charge < -0.3 is 27.2 Å². The van der Waals surface area contributed by atoms with Gasteiger partial charge in [0.15, 0.2) is 0 Å². The van der Waals surface area contributed by atoms with E-state index in [1.165, 1.54) is 69.3 Å². The molecule has 0 spiro atoms. The standard InChI is InChI=1S/C36H35N5O3S.C33H36N6.C29H29N5O/c1-23-8-15-29(16-9-23)45(42,43)44-22-25-10-12-27(13-11-25)36-40-33(34-35(37)38-18-19-41(34)36)28-14-17-30-24(2)20-31(39-32(30)21-28)26-6-4-3-5-7-26;1-22-19-28(24-7-3-2-4-8-24)36-29-20-26(13-14-27(22)29)30-31-32(34)35-15-18-39(31)33(37-30)25-11-9-23(10-12-25)21-38-16-5-6-17-38;1-18-15-24(20-5-3-2-4-6-20)32-25-16-22(11-12-23(18)25)26-27-28(30)31-13-14-34(27)29(33-26)21-9-7-19(17-35)8-10-21/h3-9,14-21,25,27H,10-13,22H2,1-2H3,(H2,37,38);2-4,7-8,13-15,18-20,23,25H,5-6,9-12,16-17,21H2,1H3,(H2,34,35);2-6,11-16,19,21,35H,7-10,17H2,1H3,(H2,30,31). The molecule has 1 saturated heterocycles. The van der Waals surface area contributed by atoms with Gasteiger partial charge in [0.25, 0.3) is 10.1 Å². The molecule has 10 heterocycles. The molecule has 1 aliphatic heterocycles. The van der Waals surface area contributed by atoms with Gasteiger partial charge in [-0.2, -0.15) is 8.42 Å². The summed E-state index contributed by atoms with van der Waals surface area (Å²) >= 11 is 0. The fourth-order valence-corrected chi connectivity index (χ4v) is 19.7. The number of aromatic nitrogens is 12. The highest BCUT2D eigenvalue weighted by Gasteiger charge is 2.33. The fourth-order valence-electron chi connectivity index (χ4n) is 18.7. The van der Waals surface area contributed by atoms with Gasteiger partial charge in [-0.25, -0.2) is 44.9 Å². The zero-order valence-electron chi connectivity index (χ0n) is 67.9. The molecule has 20 rings (SSSR count). The predicted octanol–water partition coefficient (Wildman–Crippen LogP) is 20.1. The number of hydrogen-bond donors (Lipinski definition) is 4. The molecule has 0 bridgehead atoms. The van der Waals surface area contributed by atoms with Gasteiger partial charge in [0.1, 0.15) is 68.6 Å². The summed E-state index contributed by atoms with van der Waals surface area (Å²) in [6.07, 6.45) is 26.3. The van der Waals surface area contributed by atoms with Crippen molar-refractivity contribution in [3.8, 4) is 67.5 Å². The van der Waals surface area contributed by atoms with Gasteiger partial charge in [-0.05, 0) is 214 Å². The molecule has 20 nitrogen and oxygen atoms in total. The van der Waals surface area contributed by atoms with Crippen LogP contribution in [0, 0.1) is 45.4 Å². The fraction of sp³-hybridized carbons (Fsp3) is 0.296. The van der Waals surface area contributed by atoms with Crippen molar-refractivity contribution in [2.45, 2.75) is 140 Å². The molecule has 4 aliphatic rings. The van der Waals surface area contributed by atoms with Crippen molar-refractivity contribution < 1.29 is 17.7 Å². The van der Waals surface area contributed by atoms with Gasteiger partial charge in [-0.15, -0.1) is 0 Å². The molecule has 0 unspecified atom stereocenters. The molecule has 0 atom stereocenters. The van der Waals surface area contributed by atoms with Crippen LogP contribution >= 0.6 is 0 Å². The number of pyridine rings is 3. The first kappa shape index (κ1) is 78.1. The number of rotatable bonds is 16. The van der Waals surface area contributed by atoms with E-state index in [-0.39, 0.29) is 29.9 Å². The van der Waals surface area contributed by atoms with Crippen LogP contribution in [-0.2, 0) is 14.3 Å². The molecule has 0 amide bonds. The summed E-state index contributed by atoms with van der Waals surface area (Å²) in [6, 6.07) is 63.2. The first-order valence-corrected chi connectivity index (χ1v) is 43.5. The zero-order valence-corrected chi connectivity index (χ0v) is 68.7. The minimum absolute atomic E-state index is 0.160. The number of nitrogens with two attached hydrogens (primary N) is 3. The Bertz CT molecular complexity index is 6510. The number of nitrogens with zero attached hydrogens (tertiary/aromatic N) is 13. The second kappa shape index (κ2) is 33.7. The highest BCUT2D eigenvalue weighted by atomic mass is 32.2. The molecule has 21 heteroatoms. The van der Waals surface area contributed by atoms with Crippen molar-refractivity contribution in [1.82, 2.24) is 63.0 Å². The van der Waals surface area contributed by atoms with Crippen molar-refractivity contribution >= 4 is 76.8 Å². The largest absolute Gasteiger partial charge is 0.396 e. The van der Waals surface area contributed by atoms with E-state index in [0.717, 1.165) is 203 Å². The zero-order chi connectivity index (χ0) is 81.4. The number of hydrogen-bond acceptors (Lipinski definition) is 17. The Morgan fingerprint density at radius 3 is 1.09 bits per heavy atom. The molecule has 7 aromatic carbocycles. The van der Waals surface area contributed by atoms with Crippen LogP contribution in [0.1, 0.15) is 147 Å². The van der Waals surface area contributed by atoms with E-state index in [9.17, 15) is 13.5 Å². The SMILES string of the molecule is Cc1cc(-c2ccccc2)nc2cc(-c3nc(C4CCC(CN5CCCC5)CC4)n4ccnc(N)c34)ccc12.Cc1cc(-c2ccccc2)nc2cc(-c3nc(C4CCC(CO)CC4)n4ccnc(N)c34)ccc12.Cc1ccc(S(=O)(=O)OCC2CCC(c3nc(-c4ccc5c(C)cc(-c6ccccc6)nc5c4)c4c(N)nccn34)CC2)cc1. The maximum Gasteiger partial charge on any atom is 0.296 e. The summed E-state index contributed by atoms with van der Waals surface area (Å²) in [7, 11) is -3.78. The second-order valence-corrected chi connectivity index (χ2v) is 34.8. The van der Waals surface area contributed by atoms with Crippen molar-refractivity contribution in [1.29, 1.82) is 0 Å². The third-order valence-corrected chi connectivity index (χ3v) is 26.6. The van der Waals surface area contributed by atoms with Crippen LogP contribution in [0.5, 0.6) is 0 Å². The maximum atomic E-state index is 12.7. The Hall–Kier alpha value is -12.1. The van der Waals surface area contributed by atoms with Crippen LogP contribution in [0.15, 0.2) is 230 Å². The average molecular weight is 1600 g/mol. The number of benzene rings is 7. The molecule has 9 aromatic heterocycles. The molecular formula is C98H100N16O4S. The number of aryl methyl sites for hydroxylation is 4. The molecule has 7 N–H and O–H groups in total. The topological polar surface area (TPSA) is 274 Å². The van der Waals surface area contributed by atoms with Crippen LogP contribution in [0.2, 0.25) is 0 Å². The van der Waals surface area contributed by atoms with E-state index in [2.05, 4.69) is 175 Å². The molecule has 602 valence electrons. The van der Waals surface area contributed by atoms with Gasteiger partial charge in [0, 0.05) is 118 Å². The number of aliphatic hydroxyl groups is 1. The van der Waals surface area contributed by atoms with Gasteiger partial charge in [0.2, 0.25) is 0 Å². The monoisotopic (exact) mass is 1600 g/mol. The number of imidazole rings is 3. The van der Waals surface area contributed by atoms with Crippen molar-refractivity contribution in [2.24, 2.45) is 17.8 Å². The number of anilines is 3. The molecular weight excluding hydrogens is 1500 g/mol. The Morgan fingerprint density at radius 1 is 0.395 bits per heavy atom. The molecule has 4 fully saturated rings. The minimum atomic E-state index is -3.78. The van der Waals surface area contributed by atoms with Crippen molar-refractivity contribution in [3.05, 3.63) is 265 Å². The van der Waals surface area contributed by atoms with Gasteiger partial charge in [0.05, 0.1) is 45.1 Å². The van der Waals surface area contributed by atoms with Gasteiger partial charge in [-0.1, -0.05) is 145 Å². The third kappa shape index (κ3) is 16.2. The van der Waals surface area contributed by atoms with Crippen molar-refractivity contribution in [3.63, 3.8) is 0 Å². The molecule has 3 aliphatic carbocycles. The van der Waals surface area contributed by atoms with Crippen LogP contribution in [0.25, 0.3) is 117 Å². The third-order valence-electron chi connectivity index (χ3n) is 25.3. The van der Waals surface area contributed by atoms with Crippen molar-refractivity contribution in [2.75, 3.05) is 50.0 Å². The number of fused-ring (bicyclic) bond motifs is 6. The molecule has 3 saturated carbocycles. The van der Waals surface area contributed by atoms with E-state index < -0.39 is 10.1 Å². The Kier molecular flexibility index (Phi) is 22.1. The summed E-state index contributed by atoms with van der Waals surface area (Å²) < 4.78 is 37.3. The van der Waals surface area contributed by atoms with E-state index in [0.29, 0.717) is 35.2 Å². The lowest BCUT2D eigenvalue weighted by Crippen LogP contribution is -2.29. The van der Waals surface area contributed by atoms with Crippen LogP contribution in [0.4, 0.5) is 17.5 Å². The molecule has 119 heavy (non-hydrogen) atoms. The lowest BCUT2D eigenvalue weighted by molar-refractivity contribution is 0.181. The average Bonchev–Trinajstić information content (AvgIpc) is 1.72. The van der Waals surface area contributed by atoms with Gasteiger partial charge >= 0.3 is 0 Å². The first-order valence-electron chi connectivity index (χ1n) is 42.1. The van der Waals surface area contributed by atoms with Crippen LogP contribution in [-0.4, -0.2) is 109 Å². The lowest BCUT2D eigenvalue weighted by Gasteiger charge is -2.30. The van der Waals surface area contributed by atoms with Crippen LogP contribution < -0.4 is 17.2 Å². The summed E-state index contributed by atoms with van der Waals surface area (Å²) in [5.41, 5.74) is 41.0. The number of nitrogen functional groups attached to an aromatic ring is 3. The second-order valence-electron chi connectivity index (χ2n) is 33.2. The lowest BCUT2D eigenvalue weighted by atomic mass is 9.81. The van der Waals surface area contributed by atoms with Crippen LogP contribution in [0.3, 0.4) is 0 Å². The normalized spacial score (nSPS) is 18.5. The Balaban J connectivity index is 0.000000124. The van der Waals surface area contributed by atoms with E-state index in [1.54, 1.807) is 42.9 Å². The summed E-state index contributed by atoms with van der Waals surface area (Å²) in [5.74, 6) is 6.88. The molecule has 0 radical (unpaired) electrons. The van der Waals surface area contributed by atoms with E-state index in [1.807, 2.05) is 68.0 Å². The number of likely N-dealkylation sites (tertiary alicyclic amines) is 1. The quantitative estimate of drug-likeness (QED) is 0.0654. The summed E-state index contributed by atoms with van der Waals surface area (Å²) in [4.78, 5) is 46.8. The summed E-state index contributed by atoms with van der Waals surface area (Å²) in [6.45, 7) is 12.6. The van der Waals surface area contributed by atoms with E-state index >= 15 is 0 Å². The number of aliphatic hydroxyl groups excluding tert-OH is 1. The smallest absolute Gasteiger partial charge is 0.296 e. The molecule has 16 aromatic rings. The minimum Gasteiger partial charge on any atom is -0.396 e. The summed E-state index contributed by atoms with van der Waals surface area (Å²) in [5, 5.41) is 12.9. The Labute approximate surface area is 693 Å². The highest BCUT2D eigenvalue weighted by Crippen LogP contribution is 2.45. The predicted molar refractivity (Wildman–Crippen MR) is 476 cm³/mol. The van der Waals surface area contributed by atoms with Gasteiger partial charge in [-0.3, -0.25) is 17.4 Å². The first-order chi connectivity index (χ1) is 58.0. The Morgan fingerprint density at radius 2 is 0.739 bits per heavy atom. The highest BCUT2D eigenvalue weighted by molar-refractivity contribution is 7.86.